The van der Waals surface area contributed by atoms with Crippen molar-refractivity contribution in [2.24, 2.45) is 0 Å². The number of anilines is 1. The molecule has 0 aromatic heterocycles. The summed E-state index contributed by atoms with van der Waals surface area (Å²) in [4.78, 5) is 12.0. The molecule has 0 heterocycles. The van der Waals surface area contributed by atoms with Gasteiger partial charge in [-0.1, -0.05) is 6.07 Å². The van der Waals surface area contributed by atoms with Crippen LogP contribution in [0.2, 0.25) is 0 Å². The molecule has 2 aromatic rings. The second kappa shape index (κ2) is 5.69. The van der Waals surface area contributed by atoms with Gasteiger partial charge in [-0.2, -0.15) is 0 Å². The lowest BCUT2D eigenvalue weighted by Gasteiger charge is -2.08. The van der Waals surface area contributed by atoms with E-state index in [4.69, 9.17) is 0 Å². The summed E-state index contributed by atoms with van der Waals surface area (Å²) < 4.78 is 14.2. The Morgan fingerprint density at radius 3 is 2.47 bits per heavy atom. The van der Waals surface area contributed by atoms with Crippen LogP contribution in [0.1, 0.15) is 21.5 Å². The number of hydrogen-bond donors (Lipinski definition) is 1. The first-order valence-electron chi connectivity index (χ1n) is 5.81. The van der Waals surface area contributed by atoms with Gasteiger partial charge < -0.3 is 5.32 Å². The second-order valence-corrected chi connectivity index (χ2v) is 5.54. The zero-order chi connectivity index (χ0) is 14.0. The number of nitrogens with one attached hydrogen (secondary N) is 1. The number of amides is 1. The van der Waals surface area contributed by atoms with E-state index in [1.807, 2.05) is 25.1 Å². The van der Waals surface area contributed by atoms with E-state index < -0.39 is 0 Å². The smallest absolute Gasteiger partial charge is 0.255 e. The Hall–Kier alpha value is -1.43. The second-order valence-electron chi connectivity index (χ2n) is 4.38. The lowest BCUT2D eigenvalue weighted by Crippen LogP contribution is -2.12. The molecule has 2 nitrogen and oxygen atoms in total. The first-order valence-corrected chi connectivity index (χ1v) is 6.89. The van der Waals surface area contributed by atoms with E-state index in [0.29, 0.717) is 11.1 Å². The van der Waals surface area contributed by atoms with Gasteiger partial charge in [0.2, 0.25) is 0 Å². The number of halogens is 2. The summed E-state index contributed by atoms with van der Waals surface area (Å²) in [5, 5.41) is 2.81. The molecule has 19 heavy (non-hydrogen) atoms. The molecule has 0 bridgehead atoms. The molecule has 0 atom stereocenters. The van der Waals surface area contributed by atoms with Gasteiger partial charge in [0.25, 0.3) is 5.91 Å². The average molecular weight is 369 g/mol. The lowest BCUT2D eigenvalue weighted by atomic mass is 10.1. The Bertz CT molecular complexity index is 640. The van der Waals surface area contributed by atoms with E-state index in [1.165, 1.54) is 12.1 Å². The van der Waals surface area contributed by atoms with Crippen molar-refractivity contribution < 1.29 is 9.18 Å². The third-order valence-corrected chi connectivity index (χ3v) is 4.01. The molecule has 0 unspecified atom stereocenters. The topological polar surface area (TPSA) is 29.1 Å². The monoisotopic (exact) mass is 369 g/mol. The molecular formula is C15H13FINO. The van der Waals surface area contributed by atoms with E-state index >= 15 is 0 Å². The maximum atomic E-state index is 13.2. The van der Waals surface area contributed by atoms with Gasteiger partial charge in [0.15, 0.2) is 0 Å². The van der Waals surface area contributed by atoms with Crippen LogP contribution in [0.5, 0.6) is 0 Å². The SMILES string of the molecule is Cc1cc(C(=O)Nc2ccc(C)c(I)c2)ccc1F. The number of carbonyl (C=O) groups is 1. The van der Waals surface area contributed by atoms with E-state index in [1.54, 1.807) is 13.0 Å². The molecule has 1 amide bonds. The van der Waals surface area contributed by atoms with Gasteiger partial charge in [0.1, 0.15) is 5.82 Å². The van der Waals surface area contributed by atoms with E-state index in [-0.39, 0.29) is 11.7 Å². The summed E-state index contributed by atoms with van der Waals surface area (Å²) >= 11 is 2.22. The van der Waals surface area contributed by atoms with Crippen LogP contribution < -0.4 is 5.32 Å². The van der Waals surface area contributed by atoms with Gasteiger partial charge in [-0.15, -0.1) is 0 Å². The minimum atomic E-state index is -0.304. The Kier molecular flexibility index (Phi) is 4.19. The Morgan fingerprint density at radius 2 is 1.84 bits per heavy atom. The highest BCUT2D eigenvalue weighted by Gasteiger charge is 2.08. The van der Waals surface area contributed by atoms with E-state index in [2.05, 4.69) is 27.9 Å². The van der Waals surface area contributed by atoms with Crippen LogP contribution in [0.25, 0.3) is 0 Å². The minimum absolute atomic E-state index is 0.234. The molecule has 1 N–H and O–H groups in total. The highest BCUT2D eigenvalue weighted by molar-refractivity contribution is 14.1. The maximum Gasteiger partial charge on any atom is 0.255 e. The summed E-state index contributed by atoms with van der Waals surface area (Å²) in [5.74, 6) is -0.538. The Labute approximate surface area is 125 Å². The normalized spacial score (nSPS) is 10.3. The molecule has 2 aromatic carbocycles. The molecule has 0 saturated heterocycles. The van der Waals surface area contributed by atoms with Gasteiger partial charge in [-0.3, -0.25) is 4.79 Å². The highest BCUT2D eigenvalue weighted by Crippen LogP contribution is 2.18. The average Bonchev–Trinajstić information content (AvgIpc) is 2.37. The molecule has 0 aliphatic rings. The Morgan fingerprint density at radius 1 is 1.11 bits per heavy atom. The van der Waals surface area contributed by atoms with Crippen molar-refractivity contribution in [1.29, 1.82) is 0 Å². The van der Waals surface area contributed by atoms with Crippen molar-refractivity contribution >= 4 is 34.2 Å². The van der Waals surface area contributed by atoms with Crippen molar-refractivity contribution in [2.45, 2.75) is 13.8 Å². The summed E-state index contributed by atoms with van der Waals surface area (Å²) in [6, 6.07) is 10.0. The lowest BCUT2D eigenvalue weighted by molar-refractivity contribution is 0.102. The van der Waals surface area contributed by atoms with Crippen LogP contribution in [0.15, 0.2) is 36.4 Å². The molecule has 98 valence electrons. The van der Waals surface area contributed by atoms with Crippen molar-refractivity contribution in [3.05, 3.63) is 62.5 Å². The van der Waals surface area contributed by atoms with Gasteiger partial charge in [0.05, 0.1) is 0 Å². The zero-order valence-electron chi connectivity index (χ0n) is 10.6. The fourth-order valence-electron chi connectivity index (χ4n) is 1.66. The van der Waals surface area contributed by atoms with Crippen molar-refractivity contribution in [3.63, 3.8) is 0 Å². The van der Waals surface area contributed by atoms with Crippen molar-refractivity contribution in [2.75, 3.05) is 5.32 Å². The van der Waals surface area contributed by atoms with Crippen molar-refractivity contribution in [3.8, 4) is 0 Å². The van der Waals surface area contributed by atoms with Crippen LogP contribution in [0.4, 0.5) is 10.1 Å². The predicted octanol–water partition coefficient (Wildman–Crippen LogP) is 4.30. The fraction of sp³-hybridized carbons (Fsp3) is 0.133. The standard InChI is InChI=1S/C15H13FINO/c1-9-3-5-12(8-14(9)17)18-15(19)11-4-6-13(16)10(2)7-11/h3-8H,1-2H3,(H,18,19). The first kappa shape index (κ1) is 14.0. The summed E-state index contributed by atoms with van der Waals surface area (Å²) in [6.45, 7) is 3.65. The molecule has 4 heteroatoms. The van der Waals surface area contributed by atoms with Gasteiger partial charge in [-0.05, 0) is 77.9 Å². The number of hydrogen-bond acceptors (Lipinski definition) is 1. The number of benzene rings is 2. The van der Waals surface area contributed by atoms with E-state index in [9.17, 15) is 9.18 Å². The molecular weight excluding hydrogens is 356 g/mol. The number of rotatable bonds is 2. The minimum Gasteiger partial charge on any atom is -0.322 e. The van der Waals surface area contributed by atoms with Crippen LogP contribution in [0, 0.1) is 23.2 Å². The molecule has 0 saturated carbocycles. The molecule has 2 rings (SSSR count). The van der Waals surface area contributed by atoms with Crippen molar-refractivity contribution in [1.82, 2.24) is 0 Å². The van der Waals surface area contributed by atoms with Crippen LogP contribution in [0.3, 0.4) is 0 Å². The highest BCUT2D eigenvalue weighted by atomic mass is 127. The predicted molar refractivity (Wildman–Crippen MR) is 83.0 cm³/mol. The largest absolute Gasteiger partial charge is 0.322 e. The van der Waals surface area contributed by atoms with Gasteiger partial charge in [0, 0.05) is 14.8 Å². The molecule has 0 aliphatic heterocycles. The number of carbonyl (C=O) groups excluding carboxylic acids is 1. The summed E-state index contributed by atoms with van der Waals surface area (Å²) in [7, 11) is 0. The van der Waals surface area contributed by atoms with Crippen LogP contribution in [-0.4, -0.2) is 5.91 Å². The molecule has 0 aliphatic carbocycles. The van der Waals surface area contributed by atoms with Gasteiger partial charge in [-0.25, -0.2) is 4.39 Å². The quantitative estimate of drug-likeness (QED) is 0.786. The number of aryl methyl sites for hydroxylation is 2. The molecule has 0 spiro atoms. The van der Waals surface area contributed by atoms with Crippen LogP contribution in [-0.2, 0) is 0 Å². The Balaban J connectivity index is 2.20. The molecule has 0 radical (unpaired) electrons. The third-order valence-electron chi connectivity index (χ3n) is 2.85. The fourth-order valence-corrected chi connectivity index (χ4v) is 2.18. The molecule has 0 fully saturated rings. The zero-order valence-corrected chi connectivity index (χ0v) is 12.8. The summed E-state index contributed by atoms with van der Waals surface area (Å²) in [5.41, 5.74) is 2.82. The third kappa shape index (κ3) is 3.32. The first-order chi connectivity index (χ1) is 8.97. The summed E-state index contributed by atoms with van der Waals surface area (Å²) in [6.07, 6.45) is 0. The van der Waals surface area contributed by atoms with Gasteiger partial charge >= 0.3 is 0 Å². The maximum absolute atomic E-state index is 13.2. The van der Waals surface area contributed by atoms with E-state index in [0.717, 1.165) is 14.8 Å². The van der Waals surface area contributed by atoms with Crippen LogP contribution >= 0.6 is 22.6 Å².